The third kappa shape index (κ3) is 3.47. The van der Waals surface area contributed by atoms with Gasteiger partial charge >= 0.3 is 0 Å². The molecule has 146 valence electrons. The lowest BCUT2D eigenvalue weighted by Gasteiger charge is -2.06. The van der Waals surface area contributed by atoms with E-state index in [0.717, 1.165) is 22.4 Å². The number of H-pyrrole nitrogens is 1. The molecule has 7 heteroatoms. The van der Waals surface area contributed by atoms with Gasteiger partial charge in [0.1, 0.15) is 11.4 Å². The van der Waals surface area contributed by atoms with Crippen molar-refractivity contribution in [1.82, 2.24) is 20.1 Å². The van der Waals surface area contributed by atoms with Crippen LogP contribution in [0.25, 0.3) is 34.0 Å². The van der Waals surface area contributed by atoms with Gasteiger partial charge in [0, 0.05) is 39.8 Å². The predicted octanol–water partition coefficient (Wildman–Crippen LogP) is 4.22. The highest BCUT2D eigenvalue weighted by atomic mass is 16.5. The predicted molar refractivity (Wildman–Crippen MR) is 113 cm³/mol. The summed E-state index contributed by atoms with van der Waals surface area (Å²) in [5, 5.41) is 4.19. The van der Waals surface area contributed by atoms with Crippen molar-refractivity contribution in [3.8, 4) is 34.0 Å². The van der Waals surface area contributed by atoms with Gasteiger partial charge in [-0.05, 0) is 31.5 Å². The van der Waals surface area contributed by atoms with E-state index in [1.165, 1.54) is 6.07 Å². The van der Waals surface area contributed by atoms with Gasteiger partial charge in [0.05, 0.1) is 17.6 Å². The van der Waals surface area contributed by atoms with Crippen molar-refractivity contribution in [3.63, 3.8) is 0 Å². The smallest absolute Gasteiger partial charge is 0.247 e. The van der Waals surface area contributed by atoms with Gasteiger partial charge in [-0.15, -0.1) is 0 Å². The number of hydrogen-bond acceptors (Lipinski definition) is 6. The van der Waals surface area contributed by atoms with Gasteiger partial charge in [-0.25, -0.2) is 4.98 Å². The molecule has 1 aromatic carbocycles. The molecule has 3 aromatic heterocycles. The van der Waals surface area contributed by atoms with E-state index in [1.54, 1.807) is 18.5 Å². The Morgan fingerprint density at radius 2 is 2.00 bits per heavy atom. The molecule has 0 bridgehead atoms. The number of nitrogens with zero attached hydrogens (tertiary/aromatic N) is 3. The Bertz CT molecular complexity index is 1190. The highest BCUT2D eigenvalue weighted by Crippen LogP contribution is 2.29. The summed E-state index contributed by atoms with van der Waals surface area (Å²) in [5.41, 5.74) is 11.2. The molecule has 0 saturated carbocycles. The first-order valence-electron chi connectivity index (χ1n) is 8.87. The normalized spacial score (nSPS) is 12.1. The molecule has 4 rings (SSSR count). The van der Waals surface area contributed by atoms with Crippen LogP contribution in [-0.4, -0.2) is 20.1 Å². The summed E-state index contributed by atoms with van der Waals surface area (Å²) in [7, 11) is 0. The minimum Gasteiger partial charge on any atom is -0.354 e. The van der Waals surface area contributed by atoms with E-state index in [1.807, 2.05) is 44.2 Å². The number of nitrogens with one attached hydrogen (secondary N) is 1. The lowest BCUT2D eigenvalue weighted by molar-refractivity contribution is 0.433. The Kier molecular flexibility index (Phi) is 4.58. The van der Waals surface area contributed by atoms with Crippen molar-refractivity contribution >= 4 is 0 Å². The molecule has 4 aromatic rings. The SMILES string of the molecule is Cc1ncc(-c2ccc(=O)[nH]c2)nc1-c1cc(-c2cccc(C(C)N)c2)no1.[HH].[HH].[HH]. The number of pyridine rings is 1. The average molecular weight is 379 g/mol. The summed E-state index contributed by atoms with van der Waals surface area (Å²) in [5.74, 6) is 0.525. The molecule has 0 aliphatic carbocycles. The van der Waals surface area contributed by atoms with Crippen LogP contribution < -0.4 is 11.3 Å². The lowest BCUT2D eigenvalue weighted by Crippen LogP contribution is -2.04. The summed E-state index contributed by atoms with van der Waals surface area (Å²) in [4.78, 5) is 23.0. The maximum Gasteiger partial charge on any atom is 0.247 e. The van der Waals surface area contributed by atoms with Crippen LogP contribution in [0.2, 0.25) is 0 Å². The second-order valence-electron chi connectivity index (χ2n) is 6.62. The number of aryl methyl sites for hydroxylation is 1. The Labute approximate surface area is 165 Å². The van der Waals surface area contributed by atoms with E-state index in [-0.39, 0.29) is 15.9 Å². The molecule has 0 saturated heterocycles. The Morgan fingerprint density at radius 3 is 2.75 bits per heavy atom. The fraction of sp³-hybridized carbons (Fsp3) is 0.143. The van der Waals surface area contributed by atoms with Gasteiger partial charge in [0.25, 0.3) is 0 Å². The van der Waals surface area contributed by atoms with Gasteiger partial charge in [0.2, 0.25) is 5.56 Å². The largest absolute Gasteiger partial charge is 0.354 e. The van der Waals surface area contributed by atoms with Crippen LogP contribution in [0.3, 0.4) is 0 Å². The van der Waals surface area contributed by atoms with Crippen molar-refractivity contribution in [2.45, 2.75) is 19.9 Å². The second-order valence-corrected chi connectivity index (χ2v) is 6.62. The summed E-state index contributed by atoms with van der Waals surface area (Å²) < 4.78 is 5.55. The number of nitrogens with two attached hydrogens (primary N) is 1. The van der Waals surface area contributed by atoms with Crippen LogP contribution in [0.15, 0.2) is 64.2 Å². The zero-order valence-corrected chi connectivity index (χ0v) is 15.5. The molecule has 1 atom stereocenters. The minimum atomic E-state index is -0.169. The first kappa shape index (κ1) is 17.8. The molecule has 7 nitrogen and oxygen atoms in total. The first-order valence-corrected chi connectivity index (χ1v) is 8.87. The lowest BCUT2D eigenvalue weighted by atomic mass is 10.0. The van der Waals surface area contributed by atoms with Gasteiger partial charge in [-0.2, -0.15) is 0 Å². The van der Waals surface area contributed by atoms with Gasteiger partial charge < -0.3 is 15.2 Å². The van der Waals surface area contributed by atoms with E-state index < -0.39 is 0 Å². The van der Waals surface area contributed by atoms with Crippen molar-refractivity contribution in [2.24, 2.45) is 5.73 Å². The summed E-state index contributed by atoms with van der Waals surface area (Å²) in [6, 6.07) is 12.8. The summed E-state index contributed by atoms with van der Waals surface area (Å²) in [6.07, 6.45) is 3.27. The third-order valence-corrected chi connectivity index (χ3v) is 4.49. The second kappa shape index (κ2) is 7.21. The quantitative estimate of drug-likeness (QED) is 0.549. The molecule has 3 N–H and O–H groups in total. The van der Waals surface area contributed by atoms with E-state index in [2.05, 4.69) is 20.1 Å². The van der Waals surface area contributed by atoms with Crippen molar-refractivity contribution in [2.75, 3.05) is 0 Å². The monoisotopic (exact) mass is 379 g/mol. The van der Waals surface area contributed by atoms with E-state index in [0.29, 0.717) is 22.8 Å². The van der Waals surface area contributed by atoms with Gasteiger partial charge in [0.15, 0.2) is 5.76 Å². The number of rotatable bonds is 4. The third-order valence-electron chi connectivity index (χ3n) is 4.49. The van der Waals surface area contributed by atoms with Crippen molar-refractivity contribution in [1.29, 1.82) is 0 Å². The maximum atomic E-state index is 11.3. The number of aromatic nitrogens is 4. The molecular formula is C21H25N5O2. The van der Waals surface area contributed by atoms with Crippen LogP contribution in [0, 0.1) is 6.92 Å². The molecule has 0 aliphatic heterocycles. The Morgan fingerprint density at radius 1 is 1.14 bits per heavy atom. The van der Waals surface area contributed by atoms with E-state index >= 15 is 0 Å². The van der Waals surface area contributed by atoms with Crippen molar-refractivity contribution < 1.29 is 8.80 Å². The molecule has 0 amide bonds. The highest BCUT2D eigenvalue weighted by Gasteiger charge is 2.15. The maximum absolute atomic E-state index is 11.3. The van der Waals surface area contributed by atoms with Gasteiger partial charge in [-0.1, -0.05) is 23.4 Å². The molecule has 0 aliphatic rings. The molecule has 3 heterocycles. The zero-order valence-electron chi connectivity index (χ0n) is 15.5. The van der Waals surface area contributed by atoms with E-state index in [9.17, 15) is 4.79 Å². The number of hydrogen-bond donors (Lipinski definition) is 2. The zero-order chi connectivity index (χ0) is 19.7. The Balaban J connectivity index is 0.00000160. The fourth-order valence-electron chi connectivity index (χ4n) is 2.90. The molecule has 28 heavy (non-hydrogen) atoms. The number of aromatic amines is 1. The average Bonchev–Trinajstić information content (AvgIpc) is 3.19. The molecule has 0 fully saturated rings. The molecule has 1 unspecified atom stereocenters. The van der Waals surface area contributed by atoms with Crippen molar-refractivity contribution in [3.05, 3.63) is 76.5 Å². The summed E-state index contributed by atoms with van der Waals surface area (Å²) in [6.45, 7) is 3.80. The summed E-state index contributed by atoms with van der Waals surface area (Å²) >= 11 is 0. The molecule has 0 radical (unpaired) electrons. The topological polar surface area (TPSA) is 111 Å². The Hall–Kier alpha value is -3.58. The molecule has 0 spiro atoms. The van der Waals surface area contributed by atoms with Crippen LogP contribution in [-0.2, 0) is 0 Å². The molecular weight excluding hydrogens is 354 g/mol. The van der Waals surface area contributed by atoms with Crippen LogP contribution >= 0.6 is 0 Å². The standard InChI is InChI=1S/C21H19N5O2.3H2/c1-12(22)14-4-3-5-15(8-14)17-9-19(28-26-17)21-13(2)23-11-18(25-21)16-6-7-20(27)24-10-16;;;/h3-12H,22H2,1-2H3,(H,24,27);3*1H. The highest BCUT2D eigenvalue weighted by molar-refractivity contribution is 5.68. The van der Waals surface area contributed by atoms with Gasteiger partial charge in [-0.3, -0.25) is 9.78 Å². The fourth-order valence-corrected chi connectivity index (χ4v) is 2.90. The van der Waals surface area contributed by atoms with Crippen LogP contribution in [0.1, 0.15) is 28.5 Å². The van der Waals surface area contributed by atoms with Crippen LogP contribution in [0.5, 0.6) is 0 Å². The minimum absolute atomic E-state index is 0. The van der Waals surface area contributed by atoms with Crippen LogP contribution in [0.4, 0.5) is 0 Å². The van der Waals surface area contributed by atoms with E-state index in [4.69, 9.17) is 10.3 Å². The first-order chi connectivity index (χ1) is 13.5. The number of benzene rings is 1.